The van der Waals surface area contributed by atoms with Gasteiger partial charge in [0.05, 0.1) is 11.3 Å². The molecule has 1 aliphatic heterocycles. The number of aryl methyl sites for hydroxylation is 1. The molecule has 0 aliphatic carbocycles. The van der Waals surface area contributed by atoms with E-state index in [1.165, 1.54) is 35.7 Å². The second-order valence-electron chi connectivity index (χ2n) is 7.66. The van der Waals surface area contributed by atoms with E-state index in [1.54, 1.807) is 6.07 Å². The number of fused-ring (bicyclic) bond motifs is 3. The van der Waals surface area contributed by atoms with E-state index in [1.807, 2.05) is 19.1 Å². The number of unbranched alkanes of at least 4 members (excludes halogenated alkanes) is 1. The molecule has 0 fully saturated rings. The zero-order chi connectivity index (χ0) is 23.5. The van der Waals surface area contributed by atoms with E-state index in [-0.39, 0.29) is 11.4 Å². The molecule has 33 heavy (non-hydrogen) atoms. The summed E-state index contributed by atoms with van der Waals surface area (Å²) >= 11 is 1.44. The molecule has 1 amide bonds. The minimum Gasteiger partial charge on any atom is -0.447 e. The topological polar surface area (TPSA) is 68.2 Å². The molecule has 1 aliphatic rings. The van der Waals surface area contributed by atoms with E-state index in [9.17, 15) is 13.6 Å². The van der Waals surface area contributed by atoms with Gasteiger partial charge in [0.25, 0.3) is 0 Å². The van der Waals surface area contributed by atoms with Gasteiger partial charge >= 0.3 is 0 Å². The van der Waals surface area contributed by atoms with Crippen LogP contribution in [0.3, 0.4) is 0 Å². The first kappa shape index (κ1) is 23.1. The lowest BCUT2D eigenvalue weighted by atomic mass is 10.0. The zero-order valence-corrected chi connectivity index (χ0v) is 19.5. The van der Waals surface area contributed by atoms with Gasteiger partial charge in [-0.3, -0.25) is 9.69 Å². The lowest BCUT2D eigenvalue weighted by Crippen LogP contribution is -2.36. The van der Waals surface area contributed by atoms with Crippen molar-refractivity contribution in [1.82, 2.24) is 15.2 Å². The standard InChI is InChI=1S/C24H24F2N4O2S/c1-4-6-12-33-24-27-22-21(28-29-24)17-13-15(5-2)10-11-19(17)30(14(3)31)23(32-22)16-8-7-9-18(25)20(16)26/h7-11,13,23H,4-6,12H2,1-3H3. The Labute approximate surface area is 195 Å². The summed E-state index contributed by atoms with van der Waals surface area (Å²) in [4.78, 5) is 18.6. The molecule has 0 saturated carbocycles. The average Bonchev–Trinajstić information content (AvgIpc) is 2.94. The fourth-order valence-electron chi connectivity index (χ4n) is 3.65. The summed E-state index contributed by atoms with van der Waals surface area (Å²) in [6, 6.07) is 9.36. The van der Waals surface area contributed by atoms with Gasteiger partial charge in [-0.2, -0.15) is 4.98 Å². The molecule has 4 rings (SSSR count). The van der Waals surface area contributed by atoms with Crippen molar-refractivity contribution in [3.63, 3.8) is 0 Å². The molecular weight excluding hydrogens is 446 g/mol. The molecule has 0 N–H and O–H groups in total. The predicted molar refractivity (Wildman–Crippen MR) is 123 cm³/mol. The number of aromatic nitrogens is 3. The summed E-state index contributed by atoms with van der Waals surface area (Å²) in [7, 11) is 0. The van der Waals surface area contributed by atoms with E-state index < -0.39 is 23.8 Å². The van der Waals surface area contributed by atoms with Gasteiger partial charge in [-0.1, -0.05) is 50.2 Å². The highest BCUT2D eigenvalue weighted by atomic mass is 32.2. The van der Waals surface area contributed by atoms with Crippen molar-refractivity contribution < 1.29 is 18.3 Å². The van der Waals surface area contributed by atoms with Crippen LogP contribution in [-0.4, -0.2) is 26.8 Å². The summed E-state index contributed by atoms with van der Waals surface area (Å²) in [5.41, 5.74) is 2.33. The Balaban J connectivity index is 1.92. The first-order valence-electron chi connectivity index (χ1n) is 10.9. The second kappa shape index (κ2) is 9.82. The lowest BCUT2D eigenvalue weighted by Gasteiger charge is -2.30. The molecule has 0 saturated heterocycles. The van der Waals surface area contributed by atoms with E-state index in [2.05, 4.69) is 22.1 Å². The molecular formula is C24H24F2N4O2S. The summed E-state index contributed by atoms with van der Waals surface area (Å²) < 4.78 is 35.1. The van der Waals surface area contributed by atoms with Gasteiger partial charge in [-0.15, -0.1) is 10.2 Å². The maximum Gasteiger partial charge on any atom is 0.247 e. The normalized spacial score (nSPS) is 14.8. The largest absolute Gasteiger partial charge is 0.447 e. The number of nitrogens with zero attached hydrogens (tertiary/aromatic N) is 4. The molecule has 1 aromatic heterocycles. The monoisotopic (exact) mass is 470 g/mol. The van der Waals surface area contributed by atoms with Crippen LogP contribution in [0.25, 0.3) is 11.3 Å². The molecule has 0 bridgehead atoms. The number of ether oxygens (including phenoxy) is 1. The van der Waals surface area contributed by atoms with Crippen molar-refractivity contribution in [1.29, 1.82) is 0 Å². The third-order valence-electron chi connectivity index (χ3n) is 5.39. The molecule has 2 heterocycles. The molecule has 2 aromatic carbocycles. The minimum absolute atomic E-state index is 0.109. The Morgan fingerprint density at radius 1 is 1.18 bits per heavy atom. The van der Waals surface area contributed by atoms with Crippen LogP contribution >= 0.6 is 11.8 Å². The number of carbonyl (C=O) groups is 1. The van der Waals surface area contributed by atoms with Crippen LogP contribution in [0, 0.1) is 11.6 Å². The van der Waals surface area contributed by atoms with Crippen LogP contribution in [0.5, 0.6) is 5.88 Å². The van der Waals surface area contributed by atoms with Crippen LogP contribution in [0.2, 0.25) is 0 Å². The van der Waals surface area contributed by atoms with Gasteiger partial charge in [-0.25, -0.2) is 8.78 Å². The Morgan fingerprint density at radius 3 is 2.73 bits per heavy atom. The quantitative estimate of drug-likeness (QED) is 0.339. The van der Waals surface area contributed by atoms with Crippen LogP contribution in [-0.2, 0) is 11.2 Å². The Kier molecular flexibility index (Phi) is 6.88. The molecule has 1 unspecified atom stereocenters. The van der Waals surface area contributed by atoms with Crippen molar-refractivity contribution in [2.24, 2.45) is 0 Å². The lowest BCUT2D eigenvalue weighted by molar-refractivity contribution is -0.118. The first-order valence-corrected chi connectivity index (χ1v) is 11.8. The van der Waals surface area contributed by atoms with Crippen LogP contribution < -0.4 is 9.64 Å². The number of rotatable bonds is 6. The number of amides is 1. The van der Waals surface area contributed by atoms with Gasteiger partial charge in [0.2, 0.25) is 23.2 Å². The third-order valence-corrected chi connectivity index (χ3v) is 6.32. The number of carbonyl (C=O) groups excluding carboxylic acids is 1. The van der Waals surface area contributed by atoms with Crippen molar-refractivity contribution in [2.45, 2.75) is 51.4 Å². The minimum atomic E-state index is -1.27. The number of benzene rings is 2. The fourth-order valence-corrected chi connectivity index (χ4v) is 4.52. The number of anilines is 1. The van der Waals surface area contributed by atoms with Gasteiger partial charge in [0.15, 0.2) is 17.3 Å². The van der Waals surface area contributed by atoms with Crippen molar-refractivity contribution >= 4 is 23.4 Å². The number of thioether (sulfide) groups is 1. The molecule has 172 valence electrons. The molecule has 1 atom stereocenters. The molecule has 6 nitrogen and oxygen atoms in total. The Hall–Kier alpha value is -3.07. The summed E-state index contributed by atoms with van der Waals surface area (Å²) in [5, 5.41) is 9.04. The highest BCUT2D eigenvalue weighted by Crippen LogP contribution is 2.44. The maximum atomic E-state index is 14.9. The highest BCUT2D eigenvalue weighted by molar-refractivity contribution is 7.99. The summed E-state index contributed by atoms with van der Waals surface area (Å²) in [6.07, 6.45) is 1.51. The Morgan fingerprint density at radius 2 is 2.00 bits per heavy atom. The van der Waals surface area contributed by atoms with E-state index in [0.29, 0.717) is 22.1 Å². The van der Waals surface area contributed by atoms with E-state index in [4.69, 9.17) is 4.74 Å². The SMILES string of the molecule is CCCCSc1nnc2c(n1)OC(c1cccc(F)c1F)N(C(C)=O)c1ccc(CC)cc1-2. The first-order chi connectivity index (χ1) is 15.9. The van der Waals surface area contributed by atoms with Gasteiger partial charge in [0, 0.05) is 18.2 Å². The van der Waals surface area contributed by atoms with Crippen molar-refractivity contribution in [3.8, 4) is 17.1 Å². The Bertz CT molecular complexity index is 1190. The van der Waals surface area contributed by atoms with E-state index >= 15 is 0 Å². The maximum absolute atomic E-state index is 14.9. The average molecular weight is 471 g/mol. The van der Waals surface area contributed by atoms with Gasteiger partial charge < -0.3 is 4.74 Å². The van der Waals surface area contributed by atoms with Crippen LogP contribution in [0.4, 0.5) is 14.5 Å². The van der Waals surface area contributed by atoms with Crippen molar-refractivity contribution in [2.75, 3.05) is 10.7 Å². The molecule has 3 aromatic rings. The summed E-state index contributed by atoms with van der Waals surface area (Å²) in [5.74, 6) is -1.57. The van der Waals surface area contributed by atoms with Gasteiger partial charge in [0.1, 0.15) is 0 Å². The smallest absolute Gasteiger partial charge is 0.247 e. The number of halogens is 2. The molecule has 0 radical (unpaired) electrons. The van der Waals surface area contributed by atoms with Crippen molar-refractivity contribution in [3.05, 3.63) is 59.2 Å². The molecule has 0 spiro atoms. The van der Waals surface area contributed by atoms with Crippen LogP contribution in [0.15, 0.2) is 41.6 Å². The second-order valence-corrected chi connectivity index (χ2v) is 8.72. The van der Waals surface area contributed by atoms with Gasteiger partial charge in [-0.05, 0) is 36.6 Å². The predicted octanol–water partition coefficient (Wildman–Crippen LogP) is 5.72. The number of hydrogen-bond acceptors (Lipinski definition) is 6. The highest BCUT2D eigenvalue weighted by Gasteiger charge is 2.36. The van der Waals surface area contributed by atoms with Crippen LogP contribution in [0.1, 0.15) is 51.0 Å². The number of hydrogen-bond donors (Lipinski definition) is 0. The fraction of sp³-hybridized carbons (Fsp3) is 0.333. The summed E-state index contributed by atoms with van der Waals surface area (Å²) in [6.45, 7) is 5.46. The third kappa shape index (κ3) is 4.55. The van der Waals surface area contributed by atoms with E-state index in [0.717, 1.165) is 36.6 Å². The molecule has 9 heteroatoms. The zero-order valence-electron chi connectivity index (χ0n) is 18.6.